The summed E-state index contributed by atoms with van der Waals surface area (Å²) in [4.78, 5) is 10.3. The van der Waals surface area contributed by atoms with Gasteiger partial charge in [-0.25, -0.2) is 4.79 Å². The molecule has 11 heavy (non-hydrogen) atoms. The van der Waals surface area contributed by atoms with Gasteiger partial charge >= 0.3 is 5.97 Å². The summed E-state index contributed by atoms with van der Waals surface area (Å²) in [5.74, 6) is -0.975. The summed E-state index contributed by atoms with van der Waals surface area (Å²) in [5, 5.41) is 8.42. The molecule has 66 valence electrons. The molecule has 0 spiro atoms. The molecule has 1 unspecified atom stereocenters. The van der Waals surface area contributed by atoms with Crippen molar-refractivity contribution >= 4 is 5.97 Å². The zero-order chi connectivity index (χ0) is 8.85. The predicted molar refractivity (Wildman–Crippen MR) is 39.3 cm³/mol. The molecule has 4 heteroatoms. The van der Waals surface area contributed by atoms with Gasteiger partial charge in [-0.2, -0.15) is 0 Å². The van der Waals surface area contributed by atoms with Crippen LogP contribution in [0.15, 0.2) is 0 Å². The predicted octanol–water partition coefficient (Wildman–Crippen LogP) is 0.859. The molecule has 0 aliphatic heterocycles. The van der Waals surface area contributed by atoms with Gasteiger partial charge in [-0.05, 0) is 20.8 Å². The van der Waals surface area contributed by atoms with Crippen LogP contribution in [0.4, 0.5) is 0 Å². The van der Waals surface area contributed by atoms with Gasteiger partial charge in [0.05, 0.1) is 0 Å². The Balaban J connectivity index is 3.56. The molecule has 0 aliphatic carbocycles. The molecule has 0 bridgehead atoms. The highest BCUT2D eigenvalue weighted by Crippen LogP contribution is 1.99. The lowest BCUT2D eigenvalue weighted by Crippen LogP contribution is -2.26. The largest absolute Gasteiger partial charge is 0.479 e. The van der Waals surface area contributed by atoms with Gasteiger partial charge in [-0.1, -0.05) is 0 Å². The van der Waals surface area contributed by atoms with Crippen LogP contribution in [0.1, 0.15) is 20.8 Å². The third-order valence-corrected chi connectivity index (χ3v) is 1.14. The zero-order valence-electron chi connectivity index (χ0n) is 7.03. The van der Waals surface area contributed by atoms with E-state index in [1.807, 2.05) is 6.92 Å². The molecule has 0 saturated carbocycles. The molecule has 0 heterocycles. The number of hydrogen-bond acceptors (Lipinski definition) is 3. The fourth-order valence-electron chi connectivity index (χ4n) is 0.620. The Morgan fingerprint density at radius 3 is 2.45 bits per heavy atom. The van der Waals surface area contributed by atoms with Gasteiger partial charge in [0.25, 0.3) is 0 Å². The maximum atomic E-state index is 10.3. The highest BCUT2D eigenvalue weighted by Gasteiger charge is 2.14. The number of hydrogen-bond donors (Lipinski definition) is 1. The number of rotatable bonds is 5. The summed E-state index contributed by atoms with van der Waals surface area (Å²) in [6.45, 7) is 5.49. The van der Waals surface area contributed by atoms with Crippen LogP contribution in [-0.2, 0) is 14.3 Å². The van der Waals surface area contributed by atoms with Gasteiger partial charge in [0.15, 0.2) is 12.4 Å². The third kappa shape index (κ3) is 4.75. The molecule has 1 N–H and O–H groups in total. The summed E-state index contributed by atoms with van der Waals surface area (Å²) in [7, 11) is 0. The zero-order valence-corrected chi connectivity index (χ0v) is 7.03. The summed E-state index contributed by atoms with van der Waals surface area (Å²) < 4.78 is 9.91. The Labute approximate surface area is 66.1 Å². The van der Waals surface area contributed by atoms with Gasteiger partial charge in [-0.15, -0.1) is 0 Å². The second-order valence-corrected chi connectivity index (χ2v) is 2.14. The first kappa shape index (κ1) is 10.4. The summed E-state index contributed by atoms with van der Waals surface area (Å²) >= 11 is 0. The van der Waals surface area contributed by atoms with E-state index in [-0.39, 0.29) is 0 Å². The van der Waals surface area contributed by atoms with Crippen LogP contribution in [0.5, 0.6) is 0 Å². The van der Waals surface area contributed by atoms with Crippen molar-refractivity contribution in [3.8, 4) is 0 Å². The second kappa shape index (κ2) is 5.09. The van der Waals surface area contributed by atoms with Crippen molar-refractivity contribution in [2.24, 2.45) is 0 Å². The van der Waals surface area contributed by atoms with E-state index in [9.17, 15) is 4.79 Å². The van der Waals surface area contributed by atoms with Gasteiger partial charge in [0, 0.05) is 6.61 Å². The van der Waals surface area contributed by atoms with E-state index in [4.69, 9.17) is 14.6 Å². The van der Waals surface area contributed by atoms with E-state index in [1.54, 1.807) is 6.92 Å². The minimum Gasteiger partial charge on any atom is -0.479 e. The third-order valence-electron chi connectivity index (χ3n) is 1.14. The van der Waals surface area contributed by atoms with Crippen molar-refractivity contribution in [2.75, 3.05) is 6.61 Å². The maximum absolute atomic E-state index is 10.3. The molecule has 4 nitrogen and oxygen atoms in total. The van der Waals surface area contributed by atoms with E-state index in [2.05, 4.69) is 0 Å². The molecule has 0 aromatic carbocycles. The Hall–Kier alpha value is -0.610. The molecule has 2 atom stereocenters. The molecule has 0 radical (unpaired) electrons. The first-order chi connectivity index (χ1) is 5.07. The molecule has 0 aromatic rings. The average Bonchev–Trinajstić information content (AvgIpc) is 1.87. The Bertz CT molecular complexity index is 124. The van der Waals surface area contributed by atoms with Crippen molar-refractivity contribution in [2.45, 2.75) is 33.2 Å². The van der Waals surface area contributed by atoms with E-state index in [0.29, 0.717) is 6.61 Å². The van der Waals surface area contributed by atoms with Crippen LogP contribution in [0.3, 0.4) is 0 Å². The van der Waals surface area contributed by atoms with Crippen LogP contribution < -0.4 is 0 Å². The quantitative estimate of drug-likeness (QED) is 0.609. The van der Waals surface area contributed by atoms with Crippen molar-refractivity contribution in [1.82, 2.24) is 0 Å². The fourth-order valence-corrected chi connectivity index (χ4v) is 0.620. The van der Waals surface area contributed by atoms with E-state index >= 15 is 0 Å². The van der Waals surface area contributed by atoms with Gasteiger partial charge < -0.3 is 14.6 Å². The van der Waals surface area contributed by atoms with Crippen LogP contribution in [0, 0.1) is 0 Å². The van der Waals surface area contributed by atoms with Crippen molar-refractivity contribution in [1.29, 1.82) is 0 Å². The first-order valence-corrected chi connectivity index (χ1v) is 3.57. The minimum atomic E-state index is -0.975. The topological polar surface area (TPSA) is 55.8 Å². The summed E-state index contributed by atoms with van der Waals surface area (Å²) in [6, 6.07) is 0. The fraction of sp³-hybridized carbons (Fsp3) is 0.857. The molecule has 0 rings (SSSR count). The van der Waals surface area contributed by atoms with E-state index in [1.165, 1.54) is 6.92 Å². The molecule has 0 amide bonds. The Kier molecular flexibility index (Phi) is 4.81. The second-order valence-electron chi connectivity index (χ2n) is 2.14. The SMILES string of the molecule is CCOC(C)O[C@H](C)C(=O)O. The lowest BCUT2D eigenvalue weighted by molar-refractivity contribution is -0.179. The maximum Gasteiger partial charge on any atom is 0.332 e. The number of carboxylic acids is 1. The van der Waals surface area contributed by atoms with Crippen LogP contribution in [0.2, 0.25) is 0 Å². The minimum absolute atomic E-state index is 0.453. The average molecular weight is 162 g/mol. The smallest absolute Gasteiger partial charge is 0.332 e. The molecule has 0 aromatic heterocycles. The molecular formula is C7H14O4. The summed E-state index contributed by atoms with van der Waals surface area (Å²) in [5.41, 5.74) is 0. The van der Waals surface area contributed by atoms with Gasteiger partial charge in [-0.3, -0.25) is 0 Å². The normalized spacial score (nSPS) is 15.9. The molecular weight excluding hydrogens is 148 g/mol. The van der Waals surface area contributed by atoms with Gasteiger partial charge in [0.2, 0.25) is 0 Å². The molecule has 0 fully saturated rings. The number of ether oxygens (including phenoxy) is 2. The Morgan fingerprint density at radius 1 is 1.55 bits per heavy atom. The highest BCUT2D eigenvalue weighted by molar-refractivity contribution is 5.71. The van der Waals surface area contributed by atoms with E-state index in [0.717, 1.165) is 0 Å². The van der Waals surface area contributed by atoms with Gasteiger partial charge in [0.1, 0.15) is 0 Å². The van der Waals surface area contributed by atoms with Crippen molar-refractivity contribution in [3.05, 3.63) is 0 Å². The van der Waals surface area contributed by atoms with Crippen molar-refractivity contribution < 1.29 is 19.4 Å². The van der Waals surface area contributed by atoms with Crippen molar-refractivity contribution in [3.63, 3.8) is 0 Å². The number of carbonyl (C=O) groups is 1. The highest BCUT2D eigenvalue weighted by atomic mass is 16.7. The van der Waals surface area contributed by atoms with Crippen LogP contribution >= 0.6 is 0 Å². The first-order valence-electron chi connectivity index (χ1n) is 3.57. The van der Waals surface area contributed by atoms with Crippen LogP contribution in [0.25, 0.3) is 0 Å². The summed E-state index contributed by atoms with van der Waals surface area (Å²) in [6.07, 6.45) is -1.26. The van der Waals surface area contributed by atoms with E-state index < -0.39 is 18.4 Å². The number of carboxylic acid groups (broad SMARTS) is 1. The standard InChI is InChI=1S/C7H14O4/c1-4-10-6(3)11-5(2)7(8)9/h5-6H,4H2,1-3H3,(H,8,9)/t5-,6?/m1/s1. The Morgan fingerprint density at radius 2 is 2.09 bits per heavy atom. The monoisotopic (exact) mass is 162 g/mol. The number of aliphatic carboxylic acids is 1. The molecule has 0 aliphatic rings. The lowest BCUT2D eigenvalue weighted by atomic mass is 10.4. The molecule has 0 saturated heterocycles. The lowest BCUT2D eigenvalue weighted by Gasteiger charge is -2.15. The van der Waals surface area contributed by atoms with Crippen LogP contribution in [-0.4, -0.2) is 30.1 Å².